The molecule has 0 aliphatic heterocycles. The lowest BCUT2D eigenvalue weighted by Gasteiger charge is -2.04. The molecule has 3 nitrogen and oxygen atoms in total. The lowest BCUT2D eigenvalue weighted by atomic mass is 10.1. The van der Waals surface area contributed by atoms with Crippen LogP contribution in [0.2, 0.25) is 0 Å². The van der Waals surface area contributed by atoms with Gasteiger partial charge < -0.3 is 10.2 Å². The van der Waals surface area contributed by atoms with Gasteiger partial charge in [0.05, 0.1) is 13.2 Å². The highest BCUT2D eigenvalue weighted by Crippen LogP contribution is 2.11. The van der Waals surface area contributed by atoms with Crippen molar-refractivity contribution in [2.45, 2.75) is 20.1 Å². The number of aromatic nitrogens is 1. The van der Waals surface area contributed by atoms with Crippen LogP contribution in [0.25, 0.3) is 0 Å². The Hall–Kier alpha value is -0.930. The quantitative estimate of drug-likeness (QED) is 0.645. The van der Waals surface area contributed by atoms with Crippen molar-refractivity contribution in [1.29, 1.82) is 0 Å². The van der Waals surface area contributed by atoms with E-state index >= 15 is 0 Å². The van der Waals surface area contributed by atoms with E-state index in [4.69, 9.17) is 10.2 Å². The summed E-state index contributed by atoms with van der Waals surface area (Å²) in [5, 5.41) is 17.6. The molecule has 0 unspecified atom stereocenters. The molecule has 0 spiro atoms. The summed E-state index contributed by atoms with van der Waals surface area (Å²) in [5.41, 5.74) is 2.47. The normalized spacial score (nSPS) is 10.1. The molecule has 1 aromatic heterocycles. The minimum absolute atomic E-state index is 0.0212. The third-order valence-electron chi connectivity index (χ3n) is 1.76. The van der Waals surface area contributed by atoms with Crippen LogP contribution in [0.3, 0.4) is 0 Å². The Kier molecular flexibility index (Phi) is 2.57. The van der Waals surface area contributed by atoms with E-state index in [0.717, 1.165) is 16.7 Å². The fourth-order valence-electron chi connectivity index (χ4n) is 0.936. The third kappa shape index (κ3) is 1.56. The van der Waals surface area contributed by atoms with E-state index in [1.165, 1.54) is 0 Å². The first-order valence-electron chi connectivity index (χ1n) is 3.43. The maximum atomic E-state index is 8.82. The highest BCUT2D eigenvalue weighted by Gasteiger charge is 2.01. The number of pyridine rings is 1. The van der Waals surface area contributed by atoms with Gasteiger partial charge in [0.15, 0.2) is 0 Å². The molecule has 0 atom stereocenters. The molecule has 1 rings (SSSR count). The van der Waals surface area contributed by atoms with E-state index in [9.17, 15) is 0 Å². The standard InChI is InChI=1S/C8H11NO2/c1-6-7(4-10)2-9-3-8(6)5-11/h2-3,10-11H,4-5H2,1H3. The van der Waals surface area contributed by atoms with Crippen LogP contribution in [0.15, 0.2) is 12.4 Å². The van der Waals surface area contributed by atoms with Gasteiger partial charge in [-0.1, -0.05) is 0 Å². The van der Waals surface area contributed by atoms with Crippen molar-refractivity contribution < 1.29 is 10.2 Å². The highest BCUT2D eigenvalue weighted by molar-refractivity contribution is 5.29. The Labute approximate surface area is 65.3 Å². The van der Waals surface area contributed by atoms with E-state index in [0.29, 0.717) is 0 Å². The van der Waals surface area contributed by atoms with Crippen molar-refractivity contribution in [1.82, 2.24) is 4.98 Å². The predicted molar refractivity (Wildman–Crippen MR) is 40.8 cm³/mol. The molecule has 0 aromatic carbocycles. The van der Waals surface area contributed by atoms with Crippen LogP contribution in [-0.4, -0.2) is 15.2 Å². The molecule has 11 heavy (non-hydrogen) atoms. The largest absolute Gasteiger partial charge is 0.392 e. The number of nitrogens with zero attached hydrogens (tertiary/aromatic N) is 1. The van der Waals surface area contributed by atoms with E-state index < -0.39 is 0 Å². The zero-order valence-electron chi connectivity index (χ0n) is 6.41. The molecule has 2 N–H and O–H groups in total. The van der Waals surface area contributed by atoms with Gasteiger partial charge in [0.1, 0.15) is 0 Å². The van der Waals surface area contributed by atoms with Crippen molar-refractivity contribution in [3.8, 4) is 0 Å². The SMILES string of the molecule is Cc1c(CO)cncc1CO. The van der Waals surface area contributed by atoms with Gasteiger partial charge in [-0.25, -0.2) is 0 Å². The van der Waals surface area contributed by atoms with E-state index in [2.05, 4.69) is 4.98 Å². The van der Waals surface area contributed by atoms with Crippen molar-refractivity contribution >= 4 is 0 Å². The van der Waals surface area contributed by atoms with Crippen molar-refractivity contribution in [3.05, 3.63) is 29.1 Å². The van der Waals surface area contributed by atoms with Crippen molar-refractivity contribution in [2.75, 3.05) is 0 Å². The summed E-state index contributed by atoms with van der Waals surface area (Å²) in [6, 6.07) is 0. The van der Waals surface area contributed by atoms with Crippen LogP contribution in [0.1, 0.15) is 16.7 Å². The lowest BCUT2D eigenvalue weighted by Crippen LogP contribution is -1.96. The molecular formula is C8H11NO2. The molecule has 0 saturated carbocycles. The molecule has 0 saturated heterocycles. The number of rotatable bonds is 2. The van der Waals surface area contributed by atoms with Gasteiger partial charge in [0.25, 0.3) is 0 Å². The van der Waals surface area contributed by atoms with Gasteiger partial charge in [-0.3, -0.25) is 4.98 Å². The second-order valence-electron chi connectivity index (χ2n) is 2.40. The Morgan fingerprint density at radius 1 is 1.18 bits per heavy atom. The Balaban J connectivity index is 3.10. The second kappa shape index (κ2) is 3.46. The van der Waals surface area contributed by atoms with E-state index in [-0.39, 0.29) is 13.2 Å². The summed E-state index contributed by atoms with van der Waals surface area (Å²) in [4.78, 5) is 3.87. The van der Waals surface area contributed by atoms with Crippen LogP contribution in [0, 0.1) is 6.92 Å². The zero-order valence-corrected chi connectivity index (χ0v) is 6.41. The zero-order chi connectivity index (χ0) is 8.27. The first kappa shape index (κ1) is 8.17. The summed E-state index contributed by atoms with van der Waals surface area (Å²) < 4.78 is 0. The minimum atomic E-state index is -0.0212. The van der Waals surface area contributed by atoms with Crippen LogP contribution in [-0.2, 0) is 13.2 Å². The van der Waals surface area contributed by atoms with Gasteiger partial charge in [-0.15, -0.1) is 0 Å². The monoisotopic (exact) mass is 153 g/mol. The molecule has 1 aromatic rings. The molecular weight excluding hydrogens is 142 g/mol. The number of aliphatic hydroxyl groups excluding tert-OH is 2. The Morgan fingerprint density at radius 2 is 1.64 bits per heavy atom. The Bertz CT molecular complexity index is 226. The van der Waals surface area contributed by atoms with E-state index in [1.54, 1.807) is 12.4 Å². The summed E-state index contributed by atoms with van der Waals surface area (Å²) in [5.74, 6) is 0. The molecule has 1 heterocycles. The maximum Gasteiger partial charge on any atom is 0.0699 e. The molecule has 0 aliphatic carbocycles. The molecule has 0 bridgehead atoms. The molecule has 0 amide bonds. The van der Waals surface area contributed by atoms with Gasteiger partial charge in [0, 0.05) is 12.4 Å². The van der Waals surface area contributed by atoms with E-state index in [1.807, 2.05) is 6.92 Å². The molecule has 0 radical (unpaired) electrons. The topological polar surface area (TPSA) is 53.4 Å². The van der Waals surface area contributed by atoms with Crippen LogP contribution < -0.4 is 0 Å². The van der Waals surface area contributed by atoms with Crippen molar-refractivity contribution in [3.63, 3.8) is 0 Å². The Morgan fingerprint density at radius 3 is 2.00 bits per heavy atom. The average Bonchev–Trinajstić information content (AvgIpc) is 2.05. The first-order valence-corrected chi connectivity index (χ1v) is 3.43. The summed E-state index contributed by atoms with van der Waals surface area (Å²) >= 11 is 0. The second-order valence-corrected chi connectivity index (χ2v) is 2.40. The van der Waals surface area contributed by atoms with Gasteiger partial charge in [-0.05, 0) is 23.6 Å². The fourth-order valence-corrected chi connectivity index (χ4v) is 0.936. The first-order chi connectivity index (χ1) is 5.29. The number of hydrogen-bond acceptors (Lipinski definition) is 3. The third-order valence-corrected chi connectivity index (χ3v) is 1.76. The lowest BCUT2D eigenvalue weighted by molar-refractivity contribution is 0.273. The van der Waals surface area contributed by atoms with Crippen LogP contribution in [0.4, 0.5) is 0 Å². The summed E-state index contributed by atoms with van der Waals surface area (Å²) in [6.07, 6.45) is 3.21. The maximum absolute atomic E-state index is 8.82. The smallest absolute Gasteiger partial charge is 0.0699 e. The van der Waals surface area contributed by atoms with Gasteiger partial charge in [-0.2, -0.15) is 0 Å². The number of hydrogen-bond donors (Lipinski definition) is 2. The molecule has 0 fully saturated rings. The predicted octanol–water partition coefficient (Wildman–Crippen LogP) is 0.375. The van der Waals surface area contributed by atoms with Crippen molar-refractivity contribution in [2.24, 2.45) is 0 Å². The van der Waals surface area contributed by atoms with Gasteiger partial charge >= 0.3 is 0 Å². The summed E-state index contributed by atoms with van der Waals surface area (Å²) in [7, 11) is 0. The fraction of sp³-hybridized carbons (Fsp3) is 0.375. The molecule has 0 aliphatic rings. The highest BCUT2D eigenvalue weighted by atomic mass is 16.3. The summed E-state index contributed by atoms with van der Waals surface area (Å²) in [6.45, 7) is 1.82. The van der Waals surface area contributed by atoms with Crippen LogP contribution in [0.5, 0.6) is 0 Å². The average molecular weight is 153 g/mol. The molecule has 60 valence electrons. The number of aliphatic hydroxyl groups is 2. The molecule has 3 heteroatoms. The van der Waals surface area contributed by atoms with Gasteiger partial charge in [0.2, 0.25) is 0 Å². The minimum Gasteiger partial charge on any atom is -0.392 e. The van der Waals surface area contributed by atoms with Crippen LogP contribution >= 0.6 is 0 Å².